The van der Waals surface area contributed by atoms with Crippen molar-refractivity contribution in [2.75, 3.05) is 6.54 Å². The second kappa shape index (κ2) is 5.46. The van der Waals surface area contributed by atoms with Crippen molar-refractivity contribution in [1.29, 1.82) is 0 Å². The van der Waals surface area contributed by atoms with Crippen molar-refractivity contribution in [3.63, 3.8) is 0 Å². The second-order valence-corrected chi connectivity index (χ2v) is 7.25. The molecule has 3 heterocycles. The minimum atomic E-state index is 0.167. The summed E-state index contributed by atoms with van der Waals surface area (Å²) in [4.78, 5) is 0. The number of halogens is 1. The van der Waals surface area contributed by atoms with Crippen molar-refractivity contribution in [2.45, 2.75) is 12.0 Å². The van der Waals surface area contributed by atoms with Gasteiger partial charge >= 0.3 is 0 Å². The molecular formula is C19H15BrN4O. The molecule has 3 N–H and O–H groups in total. The summed E-state index contributed by atoms with van der Waals surface area (Å²) in [7, 11) is 0. The van der Waals surface area contributed by atoms with Crippen LogP contribution in [0.5, 0.6) is 5.75 Å². The Bertz CT molecular complexity index is 979. The lowest BCUT2D eigenvalue weighted by Gasteiger charge is -2.34. The quantitative estimate of drug-likeness (QED) is 0.693. The van der Waals surface area contributed by atoms with Crippen molar-refractivity contribution in [2.24, 2.45) is 0 Å². The van der Waals surface area contributed by atoms with Crippen LogP contribution in [0.25, 0.3) is 11.8 Å². The molecule has 5 rings (SSSR count). The average Bonchev–Trinajstić information content (AvgIpc) is 2.99. The molecule has 0 bridgehead atoms. The third-order valence-electron chi connectivity index (χ3n) is 5.04. The van der Waals surface area contributed by atoms with Gasteiger partial charge in [-0.05, 0) is 45.3 Å². The number of fused-ring (bicyclic) bond motifs is 2. The van der Waals surface area contributed by atoms with Crippen LogP contribution < -0.4 is 10.6 Å². The van der Waals surface area contributed by atoms with Crippen LogP contribution in [0.1, 0.15) is 22.7 Å². The fraction of sp³-hybridized carbons (Fsp3) is 0.158. The van der Waals surface area contributed by atoms with Crippen molar-refractivity contribution in [3.8, 4) is 5.75 Å². The summed E-state index contributed by atoms with van der Waals surface area (Å²) in [5, 5.41) is 25.3. The van der Waals surface area contributed by atoms with Gasteiger partial charge in [0.2, 0.25) is 0 Å². The Morgan fingerprint density at radius 3 is 3.00 bits per heavy atom. The van der Waals surface area contributed by atoms with Crippen molar-refractivity contribution in [1.82, 2.24) is 20.8 Å². The van der Waals surface area contributed by atoms with Gasteiger partial charge in [-0.25, -0.2) is 0 Å². The number of nitrogens with zero attached hydrogens (tertiary/aromatic N) is 2. The molecule has 0 spiro atoms. The maximum Gasteiger partial charge on any atom is 0.129 e. The van der Waals surface area contributed by atoms with E-state index in [4.69, 9.17) is 0 Å². The summed E-state index contributed by atoms with van der Waals surface area (Å²) in [6, 6.07) is 7.87. The molecule has 1 aromatic heterocycles. The second-order valence-electron chi connectivity index (χ2n) is 6.40. The predicted octanol–water partition coefficient (Wildman–Crippen LogP) is 2.93. The molecule has 25 heavy (non-hydrogen) atoms. The maximum absolute atomic E-state index is 9.79. The molecule has 0 saturated carbocycles. The van der Waals surface area contributed by atoms with E-state index in [9.17, 15) is 5.11 Å². The van der Waals surface area contributed by atoms with Crippen molar-refractivity contribution < 1.29 is 5.11 Å². The van der Waals surface area contributed by atoms with Crippen LogP contribution in [0, 0.1) is 0 Å². The third kappa shape index (κ3) is 2.21. The normalized spacial score (nSPS) is 23.2. The minimum Gasteiger partial charge on any atom is -0.507 e. The number of aromatic nitrogens is 2. The van der Waals surface area contributed by atoms with Gasteiger partial charge in [0.05, 0.1) is 22.4 Å². The van der Waals surface area contributed by atoms with Gasteiger partial charge in [0, 0.05) is 29.8 Å². The fourth-order valence-electron chi connectivity index (χ4n) is 3.83. The van der Waals surface area contributed by atoms with Crippen LogP contribution in [-0.2, 0) is 0 Å². The Kier molecular flexibility index (Phi) is 3.21. The lowest BCUT2D eigenvalue weighted by Crippen LogP contribution is -2.41. The third-order valence-corrected chi connectivity index (χ3v) is 5.68. The predicted molar refractivity (Wildman–Crippen MR) is 99.5 cm³/mol. The Morgan fingerprint density at radius 1 is 1.20 bits per heavy atom. The monoisotopic (exact) mass is 394 g/mol. The van der Waals surface area contributed by atoms with Gasteiger partial charge in [-0.2, -0.15) is 5.10 Å². The van der Waals surface area contributed by atoms with Gasteiger partial charge in [0.25, 0.3) is 0 Å². The van der Waals surface area contributed by atoms with E-state index in [-0.39, 0.29) is 17.7 Å². The highest BCUT2D eigenvalue weighted by molar-refractivity contribution is 9.10. The van der Waals surface area contributed by atoms with Gasteiger partial charge in [0.15, 0.2) is 0 Å². The zero-order valence-electron chi connectivity index (χ0n) is 13.2. The van der Waals surface area contributed by atoms with Gasteiger partial charge < -0.3 is 15.7 Å². The number of phenols is 1. The molecule has 0 fully saturated rings. The molecule has 3 aliphatic rings. The van der Waals surface area contributed by atoms with Crippen LogP contribution in [0.2, 0.25) is 0 Å². The van der Waals surface area contributed by atoms with E-state index >= 15 is 0 Å². The molecule has 0 radical (unpaired) electrons. The molecule has 2 unspecified atom stereocenters. The molecule has 2 aromatic rings. The van der Waals surface area contributed by atoms with Crippen LogP contribution in [0.15, 0.2) is 58.4 Å². The van der Waals surface area contributed by atoms with Crippen LogP contribution in [0.4, 0.5) is 0 Å². The highest BCUT2D eigenvalue weighted by Crippen LogP contribution is 2.42. The van der Waals surface area contributed by atoms with E-state index in [0.717, 1.165) is 23.5 Å². The number of allylic oxidation sites excluding steroid dienone is 1. The first-order valence-corrected chi connectivity index (χ1v) is 8.95. The summed E-state index contributed by atoms with van der Waals surface area (Å²) >= 11 is 3.42. The van der Waals surface area contributed by atoms with E-state index in [1.165, 1.54) is 16.7 Å². The Hall–Kier alpha value is -2.60. The van der Waals surface area contributed by atoms with Crippen LogP contribution in [0.3, 0.4) is 0 Å². The molecule has 2 aliphatic heterocycles. The summed E-state index contributed by atoms with van der Waals surface area (Å²) < 4.78 is 0.716. The SMILES string of the molecule is Oc1ccc(C2CNC3=C4C(=CNC42)C=Cc2ccnnc23)cc1Br. The molecule has 6 heteroatoms. The zero-order chi connectivity index (χ0) is 17.0. The van der Waals surface area contributed by atoms with E-state index in [0.29, 0.717) is 4.47 Å². The van der Waals surface area contributed by atoms with Gasteiger partial charge in [-0.1, -0.05) is 18.2 Å². The number of hydrogen-bond acceptors (Lipinski definition) is 5. The number of benzene rings is 1. The number of aromatic hydroxyl groups is 1. The van der Waals surface area contributed by atoms with Gasteiger partial charge in [-0.3, -0.25) is 0 Å². The Morgan fingerprint density at radius 2 is 2.12 bits per heavy atom. The van der Waals surface area contributed by atoms with Crippen LogP contribution in [-0.4, -0.2) is 27.9 Å². The molecular weight excluding hydrogens is 380 g/mol. The molecule has 2 atom stereocenters. The van der Waals surface area contributed by atoms with Crippen molar-refractivity contribution in [3.05, 3.63) is 75.2 Å². The molecule has 1 aromatic carbocycles. The number of rotatable bonds is 1. The fourth-order valence-corrected chi connectivity index (χ4v) is 4.22. The zero-order valence-corrected chi connectivity index (χ0v) is 14.8. The van der Waals surface area contributed by atoms with E-state index in [2.05, 4.69) is 55.1 Å². The highest BCUT2D eigenvalue weighted by Gasteiger charge is 2.38. The Labute approximate surface area is 153 Å². The van der Waals surface area contributed by atoms with Crippen molar-refractivity contribution >= 4 is 27.7 Å². The largest absolute Gasteiger partial charge is 0.507 e. The molecule has 5 nitrogen and oxygen atoms in total. The lowest BCUT2D eigenvalue weighted by atomic mass is 9.82. The standard InChI is InChI=1S/C19H15BrN4O/c20-14-7-11(3-4-15(14)25)13-9-22-19-16-12(8-21-18(13)16)2-1-10-5-6-23-24-17(10)19/h1-8,13,18,21-22,25H,9H2. The van der Waals surface area contributed by atoms with E-state index in [1.54, 1.807) is 12.3 Å². The van der Waals surface area contributed by atoms with E-state index in [1.807, 2.05) is 18.2 Å². The maximum atomic E-state index is 9.79. The molecule has 124 valence electrons. The first kappa shape index (κ1) is 14.7. The topological polar surface area (TPSA) is 70.1 Å². The van der Waals surface area contributed by atoms with Gasteiger partial charge in [-0.15, -0.1) is 5.10 Å². The number of nitrogens with one attached hydrogen (secondary N) is 2. The molecule has 1 aliphatic carbocycles. The minimum absolute atomic E-state index is 0.167. The lowest BCUT2D eigenvalue weighted by molar-refractivity contribution is 0.469. The van der Waals surface area contributed by atoms with E-state index < -0.39 is 0 Å². The molecule has 0 saturated heterocycles. The first-order chi connectivity index (χ1) is 12.2. The summed E-state index contributed by atoms with van der Waals surface area (Å²) in [5.41, 5.74) is 6.61. The smallest absolute Gasteiger partial charge is 0.129 e. The van der Waals surface area contributed by atoms with Crippen LogP contribution >= 0.6 is 15.9 Å². The summed E-state index contributed by atoms with van der Waals surface area (Å²) in [6.07, 6.45) is 8.02. The molecule has 0 amide bonds. The first-order valence-electron chi connectivity index (χ1n) is 8.15. The number of phenolic OH excluding ortho intramolecular Hbond substituents is 1. The number of hydrogen-bond donors (Lipinski definition) is 3. The summed E-state index contributed by atoms with van der Waals surface area (Å²) in [5.74, 6) is 0.503. The highest BCUT2D eigenvalue weighted by atomic mass is 79.9. The van der Waals surface area contributed by atoms with Gasteiger partial charge in [0.1, 0.15) is 11.4 Å². The average molecular weight is 395 g/mol. The Balaban J connectivity index is 1.63. The summed E-state index contributed by atoms with van der Waals surface area (Å²) in [6.45, 7) is 0.783.